The highest BCUT2D eigenvalue weighted by molar-refractivity contribution is 5.50. The molecule has 0 aliphatic heterocycles. The molecule has 0 unspecified atom stereocenters. The maximum atomic E-state index is 13.0. The summed E-state index contributed by atoms with van der Waals surface area (Å²) in [7, 11) is 0. The van der Waals surface area contributed by atoms with Gasteiger partial charge in [-0.05, 0) is 35.9 Å². The third kappa shape index (κ3) is 3.09. The summed E-state index contributed by atoms with van der Waals surface area (Å²) in [6.07, 6.45) is 5.32. The molecule has 0 spiro atoms. The molecule has 0 saturated carbocycles. The van der Waals surface area contributed by atoms with Crippen molar-refractivity contribution in [3.63, 3.8) is 0 Å². The molecular weight excluding hydrogens is 213 g/mol. The Morgan fingerprint density at radius 2 is 1.94 bits per heavy atom. The molecule has 2 aromatic rings. The predicted molar refractivity (Wildman–Crippen MR) is 68.1 cm³/mol. The highest BCUT2D eigenvalue weighted by Gasteiger charge is 1.96. The van der Waals surface area contributed by atoms with E-state index in [9.17, 15) is 4.39 Å². The normalized spacial score (nSPS) is 9.65. The Kier molecular flexibility index (Phi) is 3.42. The molecule has 1 nitrogen and oxygen atoms in total. The fraction of sp³-hybridized carbons (Fsp3) is 0.0667. The number of benzene rings is 2. The summed E-state index contributed by atoms with van der Waals surface area (Å²) in [5.41, 5.74) is 2.66. The van der Waals surface area contributed by atoms with Crippen molar-refractivity contribution in [3.05, 3.63) is 65.5 Å². The molecule has 0 heterocycles. The summed E-state index contributed by atoms with van der Waals surface area (Å²) < 4.78 is 13.0. The Bertz CT molecular complexity index is 555. The lowest BCUT2D eigenvalue weighted by Gasteiger charge is -2.06. The van der Waals surface area contributed by atoms with Crippen molar-refractivity contribution in [2.75, 3.05) is 5.32 Å². The van der Waals surface area contributed by atoms with E-state index >= 15 is 0 Å². The van der Waals surface area contributed by atoms with Gasteiger partial charge < -0.3 is 5.32 Å². The molecule has 0 fully saturated rings. The van der Waals surface area contributed by atoms with E-state index in [1.165, 1.54) is 12.1 Å². The van der Waals surface area contributed by atoms with Crippen molar-refractivity contribution in [1.82, 2.24) is 0 Å². The van der Waals surface area contributed by atoms with E-state index in [-0.39, 0.29) is 5.82 Å². The monoisotopic (exact) mass is 225 g/mol. The van der Waals surface area contributed by atoms with Crippen molar-refractivity contribution in [3.8, 4) is 12.3 Å². The summed E-state index contributed by atoms with van der Waals surface area (Å²) >= 11 is 0. The maximum absolute atomic E-state index is 13.0. The number of hydrogen-bond donors (Lipinski definition) is 1. The Labute approximate surface area is 100 Å². The quantitative estimate of drug-likeness (QED) is 0.789. The van der Waals surface area contributed by atoms with Gasteiger partial charge in [0.25, 0.3) is 0 Å². The van der Waals surface area contributed by atoms with Gasteiger partial charge in [0, 0.05) is 17.8 Å². The first kappa shape index (κ1) is 11.2. The summed E-state index contributed by atoms with van der Waals surface area (Å²) in [6.45, 7) is 0.575. The van der Waals surface area contributed by atoms with E-state index in [2.05, 4.69) is 11.2 Å². The van der Waals surface area contributed by atoms with E-state index < -0.39 is 0 Å². The van der Waals surface area contributed by atoms with Gasteiger partial charge in [0.1, 0.15) is 5.82 Å². The van der Waals surface area contributed by atoms with Crippen molar-refractivity contribution < 1.29 is 4.39 Å². The van der Waals surface area contributed by atoms with Gasteiger partial charge in [0.15, 0.2) is 0 Å². The van der Waals surface area contributed by atoms with Gasteiger partial charge in [-0.3, -0.25) is 0 Å². The Morgan fingerprint density at radius 1 is 1.12 bits per heavy atom. The molecule has 0 radical (unpaired) electrons. The van der Waals surface area contributed by atoms with Gasteiger partial charge in [-0.1, -0.05) is 24.1 Å². The van der Waals surface area contributed by atoms with Crippen molar-refractivity contribution >= 4 is 5.69 Å². The molecule has 1 N–H and O–H groups in total. The number of anilines is 1. The largest absolute Gasteiger partial charge is 0.381 e. The van der Waals surface area contributed by atoms with Crippen molar-refractivity contribution in [2.45, 2.75) is 6.54 Å². The highest BCUT2D eigenvalue weighted by Crippen LogP contribution is 2.12. The second-order valence-corrected chi connectivity index (χ2v) is 3.71. The standard InChI is InChI=1S/C15H12FN/c1-2-12-5-4-8-15(10-12)17-11-13-6-3-7-14(16)9-13/h1,3-10,17H,11H2. The third-order valence-electron chi connectivity index (χ3n) is 2.41. The van der Waals surface area contributed by atoms with Crippen LogP contribution in [0, 0.1) is 18.2 Å². The van der Waals surface area contributed by atoms with Gasteiger partial charge in [0.2, 0.25) is 0 Å². The minimum absolute atomic E-state index is 0.221. The predicted octanol–water partition coefficient (Wildman–Crippen LogP) is 3.42. The zero-order valence-electron chi connectivity index (χ0n) is 9.28. The van der Waals surface area contributed by atoms with E-state index in [1.807, 2.05) is 30.3 Å². The topological polar surface area (TPSA) is 12.0 Å². The van der Waals surface area contributed by atoms with Gasteiger partial charge >= 0.3 is 0 Å². The molecule has 17 heavy (non-hydrogen) atoms. The van der Waals surface area contributed by atoms with Gasteiger partial charge in [0.05, 0.1) is 0 Å². The lowest BCUT2D eigenvalue weighted by molar-refractivity contribution is 0.626. The average molecular weight is 225 g/mol. The molecule has 2 rings (SSSR count). The van der Waals surface area contributed by atoms with Crippen molar-refractivity contribution in [2.24, 2.45) is 0 Å². The SMILES string of the molecule is C#Cc1cccc(NCc2cccc(F)c2)c1. The third-order valence-corrected chi connectivity index (χ3v) is 2.41. The second-order valence-electron chi connectivity index (χ2n) is 3.71. The fourth-order valence-electron chi connectivity index (χ4n) is 1.57. The van der Waals surface area contributed by atoms with Crippen LogP contribution in [0.4, 0.5) is 10.1 Å². The zero-order chi connectivity index (χ0) is 12.1. The summed E-state index contributed by atoms with van der Waals surface area (Å²) in [4.78, 5) is 0. The molecule has 0 aromatic heterocycles. The Hall–Kier alpha value is -2.27. The minimum atomic E-state index is -0.221. The summed E-state index contributed by atoms with van der Waals surface area (Å²) in [5.74, 6) is 2.35. The number of hydrogen-bond acceptors (Lipinski definition) is 1. The molecular formula is C15H12FN. The fourth-order valence-corrected chi connectivity index (χ4v) is 1.57. The van der Waals surface area contributed by atoms with Crippen LogP contribution in [-0.4, -0.2) is 0 Å². The summed E-state index contributed by atoms with van der Waals surface area (Å²) in [5, 5.41) is 3.20. The van der Waals surface area contributed by atoms with Crippen LogP contribution in [0.1, 0.15) is 11.1 Å². The average Bonchev–Trinajstić information content (AvgIpc) is 2.37. The van der Waals surface area contributed by atoms with Crippen LogP contribution in [0.3, 0.4) is 0 Å². The molecule has 2 aromatic carbocycles. The number of terminal acetylenes is 1. The van der Waals surface area contributed by atoms with Crippen molar-refractivity contribution in [1.29, 1.82) is 0 Å². The van der Waals surface area contributed by atoms with Crippen LogP contribution in [-0.2, 0) is 6.54 Å². The Morgan fingerprint density at radius 3 is 2.71 bits per heavy atom. The second kappa shape index (κ2) is 5.18. The van der Waals surface area contributed by atoms with Crippen LogP contribution in [0.25, 0.3) is 0 Å². The first-order chi connectivity index (χ1) is 8.28. The molecule has 2 heteroatoms. The molecule has 0 amide bonds. The zero-order valence-corrected chi connectivity index (χ0v) is 9.28. The highest BCUT2D eigenvalue weighted by atomic mass is 19.1. The van der Waals surface area contributed by atoms with Crippen LogP contribution < -0.4 is 5.32 Å². The smallest absolute Gasteiger partial charge is 0.123 e. The lowest BCUT2D eigenvalue weighted by Crippen LogP contribution is -1.99. The maximum Gasteiger partial charge on any atom is 0.123 e. The molecule has 0 aliphatic rings. The molecule has 0 bridgehead atoms. The van der Waals surface area contributed by atoms with Crippen LogP contribution in [0.5, 0.6) is 0 Å². The number of nitrogens with one attached hydrogen (secondary N) is 1. The van der Waals surface area contributed by atoms with E-state index in [4.69, 9.17) is 6.42 Å². The van der Waals surface area contributed by atoms with Gasteiger partial charge in [-0.2, -0.15) is 0 Å². The van der Waals surface area contributed by atoms with Crippen LogP contribution >= 0.6 is 0 Å². The first-order valence-corrected chi connectivity index (χ1v) is 5.33. The van der Waals surface area contributed by atoms with Crippen LogP contribution in [0.15, 0.2) is 48.5 Å². The Balaban J connectivity index is 2.05. The lowest BCUT2D eigenvalue weighted by atomic mass is 10.2. The minimum Gasteiger partial charge on any atom is -0.381 e. The number of rotatable bonds is 3. The van der Waals surface area contributed by atoms with Gasteiger partial charge in [-0.15, -0.1) is 6.42 Å². The summed E-state index contributed by atoms with van der Waals surface area (Å²) in [6, 6.07) is 14.1. The number of halogens is 1. The van der Waals surface area contributed by atoms with Gasteiger partial charge in [-0.25, -0.2) is 4.39 Å². The molecule has 0 aliphatic carbocycles. The van der Waals surface area contributed by atoms with E-state index in [1.54, 1.807) is 6.07 Å². The van der Waals surface area contributed by atoms with Crippen LogP contribution in [0.2, 0.25) is 0 Å². The molecule has 0 saturated heterocycles. The van der Waals surface area contributed by atoms with E-state index in [0.717, 1.165) is 16.8 Å². The van der Waals surface area contributed by atoms with E-state index in [0.29, 0.717) is 6.54 Å². The molecule has 0 atom stereocenters. The first-order valence-electron chi connectivity index (χ1n) is 5.33. The molecule has 84 valence electrons.